The van der Waals surface area contributed by atoms with E-state index >= 15 is 0 Å². The lowest BCUT2D eigenvalue weighted by atomic mass is 9.91. The highest BCUT2D eigenvalue weighted by molar-refractivity contribution is 5.95. The molecule has 0 saturated carbocycles. The summed E-state index contributed by atoms with van der Waals surface area (Å²) in [5.74, 6) is 0.721. The summed E-state index contributed by atoms with van der Waals surface area (Å²) in [4.78, 5) is 25.5. The fourth-order valence-corrected chi connectivity index (χ4v) is 2.59. The molecule has 6 nitrogen and oxygen atoms in total. The summed E-state index contributed by atoms with van der Waals surface area (Å²) in [7, 11) is 0. The number of likely N-dealkylation sites (tertiary alicyclic amines) is 1. The summed E-state index contributed by atoms with van der Waals surface area (Å²) in [5.41, 5.74) is 6.05. The van der Waals surface area contributed by atoms with Crippen LogP contribution in [-0.4, -0.2) is 49.1 Å². The number of imide groups is 1. The Morgan fingerprint density at radius 2 is 2.10 bits per heavy atom. The maximum atomic E-state index is 11.9. The van der Waals surface area contributed by atoms with Crippen molar-refractivity contribution in [3.05, 3.63) is 0 Å². The summed E-state index contributed by atoms with van der Waals surface area (Å²) in [6, 6.07) is -0.171. The second-order valence-electron chi connectivity index (χ2n) is 6.34. The summed E-state index contributed by atoms with van der Waals surface area (Å²) < 4.78 is 0. The number of hydrogen-bond acceptors (Lipinski definition) is 4. The van der Waals surface area contributed by atoms with E-state index in [9.17, 15) is 9.59 Å². The van der Waals surface area contributed by atoms with Gasteiger partial charge in [0.2, 0.25) is 5.91 Å². The monoisotopic (exact) mass is 298 g/mol. The van der Waals surface area contributed by atoms with Crippen LogP contribution in [0.15, 0.2) is 0 Å². The van der Waals surface area contributed by atoms with Crippen molar-refractivity contribution < 1.29 is 9.59 Å². The molecule has 1 saturated heterocycles. The van der Waals surface area contributed by atoms with Crippen LogP contribution in [0.4, 0.5) is 4.79 Å². The zero-order chi connectivity index (χ0) is 15.8. The van der Waals surface area contributed by atoms with Gasteiger partial charge in [0.25, 0.3) is 0 Å². The molecule has 2 atom stereocenters. The number of piperidine rings is 1. The molecule has 2 unspecified atom stereocenters. The third kappa shape index (κ3) is 6.91. The number of rotatable bonds is 6. The smallest absolute Gasteiger partial charge is 0.321 e. The quantitative estimate of drug-likeness (QED) is 0.680. The minimum Gasteiger partial charge on any atom is -0.338 e. The standard InChI is InChI=1S/C15H30N4O2/c1-4-12-9-19(8-6-13(12)16)10-14(20)18-15(21)17-7-5-11(2)3/h11-13H,4-10,16H2,1-3H3,(H2,17,18,20,21). The molecule has 1 aliphatic heterocycles. The van der Waals surface area contributed by atoms with E-state index in [2.05, 4.69) is 36.3 Å². The van der Waals surface area contributed by atoms with E-state index in [0.29, 0.717) is 18.4 Å². The number of hydrogen-bond donors (Lipinski definition) is 3. The maximum absolute atomic E-state index is 11.9. The zero-order valence-corrected chi connectivity index (χ0v) is 13.5. The van der Waals surface area contributed by atoms with Gasteiger partial charge in [-0.1, -0.05) is 27.2 Å². The van der Waals surface area contributed by atoms with E-state index in [1.807, 2.05) is 0 Å². The molecule has 0 aromatic heterocycles. The van der Waals surface area contributed by atoms with Gasteiger partial charge in [-0.3, -0.25) is 15.0 Å². The molecule has 0 aliphatic carbocycles. The zero-order valence-electron chi connectivity index (χ0n) is 13.5. The lowest BCUT2D eigenvalue weighted by Gasteiger charge is -2.35. The average molecular weight is 298 g/mol. The predicted octanol–water partition coefficient (Wildman–Crippen LogP) is 0.918. The average Bonchev–Trinajstić information content (AvgIpc) is 2.40. The van der Waals surface area contributed by atoms with Crippen molar-refractivity contribution in [3.8, 4) is 0 Å². The molecular formula is C15H30N4O2. The van der Waals surface area contributed by atoms with Gasteiger partial charge in [0.1, 0.15) is 0 Å². The molecule has 0 aromatic rings. The normalized spacial score (nSPS) is 23.1. The van der Waals surface area contributed by atoms with Crippen LogP contribution in [0.5, 0.6) is 0 Å². The Balaban J connectivity index is 2.25. The molecule has 0 aromatic carbocycles. The van der Waals surface area contributed by atoms with Crippen LogP contribution in [0.3, 0.4) is 0 Å². The van der Waals surface area contributed by atoms with Gasteiger partial charge < -0.3 is 11.1 Å². The third-order valence-electron chi connectivity index (χ3n) is 4.03. The molecule has 4 N–H and O–H groups in total. The second kappa shape index (κ2) is 9.00. The molecule has 3 amide bonds. The van der Waals surface area contributed by atoms with Gasteiger partial charge in [-0.25, -0.2) is 4.79 Å². The van der Waals surface area contributed by atoms with E-state index in [4.69, 9.17) is 5.73 Å². The molecule has 0 spiro atoms. The lowest BCUT2D eigenvalue weighted by molar-refractivity contribution is -0.121. The molecule has 0 bridgehead atoms. The first kappa shape index (κ1) is 17.9. The first-order chi connectivity index (χ1) is 9.92. The number of nitrogens with two attached hydrogens (primary N) is 1. The molecule has 1 aliphatic rings. The Morgan fingerprint density at radius 1 is 1.38 bits per heavy atom. The maximum Gasteiger partial charge on any atom is 0.321 e. The molecule has 6 heteroatoms. The highest BCUT2D eigenvalue weighted by Gasteiger charge is 2.26. The van der Waals surface area contributed by atoms with Crippen LogP contribution in [0.2, 0.25) is 0 Å². The Morgan fingerprint density at radius 3 is 2.71 bits per heavy atom. The van der Waals surface area contributed by atoms with Crippen LogP contribution in [0, 0.1) is 11.8 Å². The molecule has 0 radical (unpaired) electrons. The Bertz CT molecular complexity index is 347. The highest BCUT2D eigenvalue weighted by atomic mass is 16.2. The number of nitrogens with one attached hydrogen (secondary N) is 2. The van der Waals surface area contributed by atoms with Crippen molar-refractivity contribution >= 4 is 11.9 Å². The van der Waals surface area contributed by atoms with Crippen molar-refractivity contribution in [2.24, 2.45) is 17.6 Å². The van der Waals surface area contributed by atoms with Crippen molar-refractivity contribution in [1.82, 2.24) is 15.5 Å². The molecule has 1 fully saturated rings. The van der Waals surface area contributed by atoms with Gasteiger partial charge in [0.05, 0.1) is 6.54 Å². The highest BCUT2D eigenvalue weighted by Crippen LogP contribution is 2.17. The Hall–Kier alpha value is -1.14. The molecular weight excluding hydrogens is 268 g/mol. The largest absolute Gasteiger partial charge is 0.338 e. The second-order valence-corrected chi connectivity index (χ2v) is 6.34. The van der Waals surface area contributed by atoms with Crippen molar-refractivity contribution in [3.63, 3.8) is 0 Å². The van der Waals surface area contributed by atoms with Gasteiger partial charge >= 0.3 is 6.03 Å². The predicted molar refractivity (Wildman–Crippen MR) is 83.8 cm³/mol. The molecule has 122 valence electrons. The number of carbonyl (C=O) groups is 2. The number of urea groups is 1. The van der Waals surface area contributed by atoms with Crippen LogP contribution >= 0.6 is 0 Å². The van der Waals surface area contributed by atoms with E-state index in [0.717, 1.165) is 32.4 Å². The fraction of sp³-hybridized carbons (Fsp3) is 0.867. The summed E-state index contributed by atoms with van der Waals surface area (Å²) in [6.45, 7) is 8.82. The first-order valence-electron chi connectivity index (χ1n) is 7.98. The van der Waals surface area contributed by atoms with Crippen molar-refractivity contribution in [2.75, 3.05) is 26.2 Å². The minimum absolute atomic E-state index is 0.230. The van der Waals surface area contributed by atoms with Gasteiger partial charge in [0.15, 0.2) is 0 Å². The van der Waals surface area contributed by atoms with E-state index < -0.39 is 6.03 Å². The topological polar surface area (TPSA) is 87.5 Å². The molecule has 1 rings (SSSR count). The van der Waals surface area contributed by atoms with E-state index in [1.54, 1.807) is 0 Å². The Kier molecular flexibility index (Phi) is 7.67. The molecule has 1 heterocycles. The number of carbonyl (C=O) groups excluding carboxylic acids is 2. The number of nitrogens with zero attached hydrogens (tertiary/aromatic N) is 1. The van der Waals surface area contributed by atoms with E-state index in [1.165, 1.54) is 0 Å². The lowest BCUT2D eigenvalue weighted by Crippen LogP contribution is -2.51. The first-order valence-corrected chi connectivity index (χ1v) is 7.98. The summed E-state index contributed by atoms with van der Waals surface area (Å²) >= 11 is 0. The van der Waals surface area contributed by atoms with Gasteiger partial charge in [-0.15, -0.1) is 0 Å². The van der Waals surface area contributed by atoms with Gasteiger partial charge in [-0.05, 0) is 24.7 Å². The van der Waals surface area contributed by atoms with Crippen molar-refractivity contribution in [1.29, 1.82) is 0 Å². The van der Waals surface area contributed by atoms with Gasteiger partial charge in [-0.2, -0.15) is 0 Å². The van der Waals surface area contributed by atoms with Crippen molar-refractivity contribution in [2.45, 2.75) is 46.1 Å². The summed E-state index contributed by atoms with van der Waals surface area (Å²) in [5, 5.41) is 5.08. The fourth-order valence-electron chi connectivity index (χ4n) is 2.59. The van der Waals surface area contributed by atoms with E-state index in [-0.39, 0.29) is 18.5 Å². The minimum atomic E-state index is -0.401. The Labute approximate surface area is 127 Å². The van der Waals surface area contributed by atoms with Crippen LogP contribution < -0.4 is 16.4 Å². The van der Waals surface area contributed by atoms with Crippen LogP contribution in [0.25, 0.3) is 0 Å². The SMILES string of the molecule is CCC1CN(CC(=O)NC(=O)NCCC(C)C)CCC1N. The number of amides is 3. The van der Waals surface area contributed by atoms with Crippen LogP contribution in [-0.2, 0) is 4.79 Å². The van der Waals surface area contributed by atoms with Gasteiger partial charge in [0, 0.05) is 25.7 Å². The third-order valence-corrected chi connectivity index (χ3v) is 4.03. The molecule has 21 heavy (non-hydrogen) atoms. The summed E-state index contributed by atoms with van der Waals surface area (Å²) in [6.07, 6.45) is 2.84. The van der Waals surface area contributed by atoms with Crippen LogP contribution in [0.1, 0.15) is 40.0 Å².